The van der Waals surface area contributed by atoms with Crippen molar-refractivity contribution in [2.24, 2.45) is 0 Å². The van der Waals surface area contributed by atoms with Gasteiger partial charge in [0.25, 0.3) is 11.6 Å². The Kier molecular flexibility index (Phi) is 5.01. The van der Waals surface area contributed by atoms with Crippen LogP contribution in [0.2, 0.25) is 0 Å². The quantitative estimate of drug-likeness (QED) is 0.637. The Balaban J connectivity index is 3.11. The van der Waals surface area contributed by atoms with E-state index in [4.69, 9.17) is 0 Å². The summed E-state index contributed by atoms with van der Waals surface area (Å²) >= 11 is 0. The summed E-state index contributed by atoms with van der Waals surface area (Å²) in [6.45, 7) is 8.12. The molecule has 1 aromatic rings. The van der Waals surface area contributed by atoms with Crippen molar-refractivity contribution >= 4 is 17.4 Å². The number of nitrogens with one attached hydrogen (secondary N) is 2. The van der Waals surface area contributed by atoms with Crippen LogP contribution in [0.3, 0.4) is 0 Å². The molecular formula is C13H20N4O3. The van der Waals surface area contributed by atoms with Gasteiger partial charge in [-0.2, -0.15) is 0 Å². The SMILES string of the molecule is CCCNc1cc(C(=O)NC(C)(C)C)c([N+](=O)[O-])cn1. The zero-order chi connectivity index (χ0) is 15.3. The summed E-state index contributed by atoms with van der Waals surface area (Å²) < 4.78 is 0. The molecule has 0 radical (unpaired) electrons. The summed E-state index contributed by atoms with van der Waals surface area (Å²) in [5.41, 5.74) is -0.752. The number of carbonyl (C=O) groups excluding carboxylic acids is 1. The molecule has 0 aliphatic rings. The number of rotatable bonds is 5. The number of hydrogen-bond acceptors (Lipinski definition) is 5. The molecule has 7 heteroatoms. The summed E-state index contributed by atoms with van der Waals surface area (Å²) in [7, 11) is 0. The molecule has 0 spiro atoms. The van der Waals surface area contributed by atoms with Crippen LogP contribution >= 0.6 is 0 Å². The van der Waals surface area contributed by atoms with Gasteiger partial charge >= 0.3 is 0 Å². The molecule has 0 unspecified atom stereocenters. The third-order valence-corrected chi connectivity index (χ3v) is 2.37. The minimum absolute atomic E-state index is 0.0125. The van der Waals surface area contributed by atoms with Gasteiger partial charge in [0.05, 0.1) is 4.92 Å². The molecule has 1 amide bonds. The molecule has 1 rings (SSSR count). The van der Waals surface area contributed by atoms with Crippen LogP contribution in [0, 0.1) is 10.1 Å². The molecule has 2 N–H and O–H groups in total. The van der Waals surface area contributed by atoms with Crippen LogP contribution in [0.5, 0.6) is 0 Å². The van der Waals surface area contributed by atoms with Crippen LogP contribution in [0.25, 0.3) is 0 Å². The van der Waals surface area contributed by atoms with Gasteiger partial charge in [0, 0.05) is 18.2 Å². The summed E-state index contributed by atoms with van der Waals surface area (Å²) in [6, 6.07) is 1.41. The summed E-state index contributed by atoms with van der Waals surface area (Å²) in [5, 5.41) is 16.7. The second-order valence-electron chi connectivity index (χ2n) is 5.47. The molecule has 0 bridgehead atoms. The van der Waals surface area contributed by atoms with Gasteiger partial charge in [0.1, 0.15) is 17.6 Å². The van der Waals surface area contributed by atoms with E-state index in [1.807, 2.05) is 27.7 Å². The Morgan fingerprint density at radius 1 is 1.45 bits per heavy atom. The van der Waals surface area contributed by atoms with E-state index in [1.54, 1.807) is 0 Å². The van der Waals surface area contributed by atoms with Gasteiger partial charge < -0.3 is 10.6 Å². The summed E-state index contributed by atoms with van der Waals surface area (Å²) in [4.78, 5) is 26.5. The van der Waals surface area contributed by atoms with E-state index < -0.39 is 16.4 Å². The Morgan fingerprint density at radius 3 is 2.60 bits per heavy atom. The highest BCUT2D eigenvalue weighted by atomic mass is 16.6. The maximum atomic E-state index is 12.1. The number of nitro groups is 1. The maximum Gasteiger partial charge on any atom is 0.300 e. The zero-order valence-corrected chi connectivity index (χ0v) is 12.2. The first-order valence-corrected chi connectivity index (χ1v) is 6.45. The first-order valence-electron chi connectivity index (χ1n) is 6.45. The lowest BCUT2D eigenvalue weighted by atomic mass is 10.1. The molecule has 0 fully saturated rings. The molecule has 0 saturated carbocycles. The third-order valence-electron chi connectivity index (χ3n) is 2.37. The van der Waals surface area contributed by atoms with Crippen LogP contribution in [0.4, 0.5) is 11.5 Å². The van der Waals surface area contributed by atoms with Gasteiger partial charge in [-0.05, 0) is 27.2 Å². The van der Waals surface area contributed by atoms with E-state index in [-0.39, 0.29) is 11.3 Å². The lowest BCUT2D eigenvalue weighted by molar-refractivity contribution is -0.385. The lowest BCUT2D eigenvalue weighted by Gasteiger charge is -2.20. The second kappa shape index (κ2) is 6.31. The van der Waals surface area contributed by atoms with Crippen molar-refractivity contribution in [1.29, 1.82) is 0 Å². The fourth-order valence-corrected chi connectivity index (χ4v) is 1.53. The van der Waals surface area contributed by atoms with Crippen LogP contribution in [-0.4, -0.2) is 27.9 Å². The largest absolute Gasteiger partial charge is 0.370 e. The van der Waals surface area contributed by atoms with Gasteiger partial charge in [0.2, 0.25) is 0 Å². The minimum Gasteiger partial charge on any atom is -0.370 e. The number of pyridine rings is 1. The third kappa shape index (κ3) is 4.49. The molecule has 1 heterocycles. The second-order valence-corrected chi connectivity index (χ2v) is 5.47. The van der Waals surface area contributed by atoms with Crippen molar-refractivity contribution in [1.82, 2.24) is 10.3 Å². The molecular weight excluding hydrogens is 260 g/mol. The van der Waals surface area contributed by atoms with E-state index in [2.05, 4.69) is 15.6 Å². The fraction of sp³-hybridized carbons (Fsp3) is 0.538. The highest BCUT2D eigenvalue weighted by Crippen LogP contribution is 2.21. The lowest BCUT2D eigenvalue weighted by Crippen LogP contribution is -2.40. The fourth-order valence-electron chi connectivity index (χ4n) is 1.53. The molecule has 1 aromatic heterocycles. The minimum atomic E-state index is -0.603. The Bertz CT molecular complexity index is 509. The van der Waals surface area contributed by atoms with E-state index in [9.17, 15) is 14.9 Å². The standard InChI is InChI=1S/C13H20N4O3/c1-5-6-14-11-7-9(10(8-15-11)17(19)20)12(18)16-13(2,3)4/h7-8H,5-6H2,1-4H3,(H,14,15)(H,16,18). The van der Waals surface area contributed by atoms with E-state index in [0.717, 1.165) is 12.6 Å². The molecule has 0 saturated heterocycles. The Hall–Kier alpha value is -2.18. The van der Waals surface area contributed by atoms with Gasteiger partial charge in [-0.15, -0.1) is 0 Å². The van der Waals surface area contributed by atoms with Crippen molar-refractivity contribution in [3.05, 3.63) is 27.9 Å². The number of hydrogen-bond donors (Lipinski definition) is 2. The molecule has 110 valence electrons. The summed E-state index contributed by atoms with van der Waals surface area (Å²) in [6.07, 6.45) is 2.00. The predicted molar refractivity (Wildman–Crippen MR) is 76.9 cm³/mol. The molecule has 7 nitrogen and oxygen atoms in total. The van der Waals surface area contributed by atoms with Gasteiger partial charge in [0.15, 0.2) is 0 Å². The van der Waals surface area contributed by atoms with Crippen molar-refractivity contribution in [3.8, 4) is 0 Å². The summed E-state index contributed by atoms with van der Waals surface area (Å²) in [5.74, 6) is -0.0253. The molecule has 0 aromatic carbocycles. The molecule has 0 aliphatic heterocycles. The first kappa shape index (κ1) is 15.9. The highest BCUT2D eigenvalue weighted by molar-refractivity contribution is 5.99. The van der Waals surface area contributed by atoms with E-state index >= 15 is 0 Å². The van der Waals surface area contributed by atoms with Gasteiger partial charge in [-0.1, -0.05) is 6.92 Å². The average Bonchev–Trinajstić information content (AvgIpc) is 2.33. The average molecular weight is 280 g/mol. The van der Waals surface area contributed by atoms with Crippen LogP contribution in [0.1, 0.15) is 44.5 Å². The molecule has 0 atom stereocenters. The molecule has 20 heavy (non-hydrogen) atoms. The maximum absolute atomic E-state index is 12.1. The Morgan fingerprint density at radius 2 is 2.10 bits per heavy atom. The number of carbonyl (C=O) groups is 1. The number of anilines is 1. The van der Waals surface area contributed by atoms with Gasteiger partial charge in [-0.25, -0.2) is 4.98 Å². The van der Waals surface area contributed by atoms with Crippen molar-refractivity contribution in [2.45, 2.75) is 39.7 Å². The topological polar surface area (TPSA) is 97.2 Å². The number of nitrogens with zero attached hydrogens (tertiary/aromatic N) is 2. The Labute approximate surface area is 117 Å². The number of amides is 1. The number of aromatic nitrogens is 1. The molecule has 0 aliphatic carbocycles. The zero-order valence-electron chi connectivity index (χ0n) is 12.2. The first-order chi connectivity index (χ1) is 9.24. The van der Waals surface area contributed by atoms with Crippen LogP contribution in [-0.2, 0) is 0 Å². The monoisotopic (exact) mass is 280 g/mol. The van der Waals surface area contributed by atoms with Crippen molar-refractivity contribution in [2.75, 3.05) is 11.9 Å². The predicted octanol–water partition coefficient (Wildman–Crippen LogP) is 2.34. The van der Waals surface area contributed by atoms with Crippen molar-refractivity contribution < 1.29 is 9.72 Å². The van der Waals surface area contributed by atoms with E-state index in [1.165, 1.54) is 6.07 Å². The smallest absolute Gasteiger partial charge is 0.300 e. The normalized spacial score (nSPS) is 11.0. The highest BCUT2D eigenvalue weighted by Gasteiger charge is 2.24. The van der Waals surface area contributed by atoms with Crippen molar-refractivity contribution in [3.63, 3.8) is 0 Å². The van der Waals surface area contributed by atoms with Crippen LogP contribution in [0.15, 0.2) is 12.3 Å². The van der Waals surface area contributed by atoms with E-state index in [0.29, 0.717) is 12.4 Å². The van der Waals surface area contributed by atoms with Crippen LogP contribution < -0.4 is 10.6 Å². The van der Waals surface area contributed by atoms with Gasteiger partial charge in [-0.3, -0.25) is 14.9 Å².